The normalized spacial score (nSPS) is 17.8. The second kappa shape index (κ2) is 14.2. The number of hydrogen-bond acceptors (Lipinski definition) is 9. The van der Waals surface area contributed by atoms with E-state index < -0.39 is 68.9 Å². The molecule has 3 aromatic carbocycles. The zero-order valence-electron chi connectivity index (χ0n) is 27.2. The first kappa shape index (κ1) is 35.8. The van der Waals surface area contributed by atoms with Crippen molar-refractivity contribution >= 4 is 45.2 Å². The minimum absolute atomic E-state index is 0.0112. The van der Waals surface area contributed by atoms with Crippen molar-refractivity contribution < 1.29 is 51.0 Å². The summed E-state index contributed by atoms with van der Waals surface area (Å²) in [7, 11) is 0.216. The molecule has 3 aromatic rings. The van der Waals surface area contributed by atoms with Crippen LogP contribution in [0.15, 0.2) is 59.5 Å². The number of primary amides is 1. The monoisotopic (exact) mass is 715 g/mol. The smallest absolute Gasteiger partial charge is 0.494 e. The van der Waals surface area contributed by atoms with Crippen molar-refractivity contribution in [1.82, 2.24) is 9.80 Å². The number of halogens is 2. The van der Waals surface area contributed by atoms with Gasteiger partial charge in [0, 0.05) is 38.3 Å². The van der Waals surface area contributed by atoms with Gasteiger partial charge in [-0.3, -0.25) is 9.59 Å². The molecule has 2 fully saturated rings. The lowest BCUT2D eigenvalue weighted by Gasteiger charge is -2.33. The topological polar surface area (TPSA) is 198 Å². The van der Waals surface area contributed by atoms with E-state index in [4.69, 9.17) is 15.2 Å². The highest BCUT2D eigenvalue weighted by molar-refractivity contribution is 7.92. The summed E-state index contributed by atoms with van der Waals surface area (Å²) in [6, 6.07) is 7.29. The number of likely N-dealkylation sites (tertiary alicyclic amines) is 1. The van der Waals surface area contributed by atoms with Gasteiger partial charge >= 0.3 is 12.2 Å². The van der Waals surface area contributed by atoms with Crippen LogP contribution in [0.5, 0.6) is 5.75 Å². The molecule has 14 nitrogen and oxygen atoms in total. The number of carbonyl (C=O) groups excluding carboxylic acids is 3. The number of ether oxygens (including phenoxy) is 2. The molecule has 1 saturated heterocycles. The van der Waals surface area contributed by atoms with Gasteiger partial charge in [0.15, 0.2) is 21.4 Å². The lowest BCUT2D eigenvalue weighted by atomic mass is 9.99. The Morgan fingerprint density at radius 3 is 2.32 bits per heavy atom. The molecule has 2 aliphatic rings. The molecule has 3 atom stereocenters. The van der Waals surface area contributed by atoms with Crippen LogP contribution in [-0.4, -0.2) is 86.4 Å². The number of methoxy groups -OCH3 is 1. The summed E-state index contributed by atoms with van der Waals surface area (Å²) in [4.78, 5) is 53.3. The molecule has 0 unspecified atom stereocenters. The molecule has 17 heteroatoms. The van der Waals surface area contributed by atoms with Gasteiger partial charge in [0.25, 0.3) is 0 Å². The number of sulfone groups is 1. The zero-order chi connectivity index (χ0) is 36.5. The van der Waals surface area contributed by atoms with E-state index in [1.807, 2.05) is 0 Å². The van der Waals surface area contributed by atoms with E-state index in [2.05, 4.69) is 10.6 Å². The SMILES string of the molecule is COc1cc([C@@H](Nc2cc(C(N)=O)ccc2F)C(=O)N2CC[C@H](OC(=O)O)[C@H]2c2cc(NC(=O)N(C)C)ccc2S(=O)(=O)C2CC2)ccc1F. The molecule has 1 aliphatic heterocycles. The summed E-state index contributed by atoms with van der Waals surface area (Å²) in [5, 5.41) is 14.4. The predicted octanol–water partition coefficient (Wildman–Crippen LogP) is 4.29. The summed E-state index contributed by atoms with van der Waals surface area (Å²) in [6.45, 7) is -0.154. The number of amides is 4. The largest absolute Gasteiger partial charge is 0.506 e. The van der Waals surface area contributed by atoms with Gasteiger partial charge in [0.05, 0.1) is 29.0 Å². The summed E-state index contributed by atoms with van der Waals surface area (Å²) in [6.07, 6.45) is -2.22. The number of benzene rings is 3. The number of nitrogens with zero attached hydrogens (tertiary/aromatic N) is 2. The van der Waals surface area contributed by atoms with Crippen LogP contribution in [0.25, 0.3) is 0 Å². The lowest BCUT2D eigenvalue weighted by molar-refractivity contribution is -0.134. The Labute approximate surface area is 286 Å². The highest BCUT2D eigenvalue weighted by Crippen LogP contribution is 2.44. The molecule has 4 amide bonds. The third kappa shape index (κ3) is 7.41. The van der Waals surface area contributed by atoms with Crippen LogP contribution < -0.4 is 21.1 Å². The Morgan fingerprint density at radius 1 is 1.00 bits per heavy atom. The highest BCUT2D eigenvalue weighted by atomic mass is 32.2. The fraction of sp³-hybridized carbons (Fsp3) is 0.333. The summed E-state index contributed by atoms with van der Waals surface area (Å²) >= 11 is 0. The molecule has 5 rings (SSSR count). The van der Waals surface area contributed by atoms with Crippen molar-refractivity contribution in [3.63, 3.8) is 0 Å². The van der Waals surface area contributed by atoms with Crippen LogP contribution in [0.4, 0.5) is 29.7 Å². The summed E-state index contributed by atoms with van der Waals surface area (Å²) < 4.78 is 67.5. The van der Waals surface area contributed by atoms with E-state index in [0.29, 0.717) is 12.8 Å². The quantitative estimate of drug-likeness (QED) is 0.208. The van der Waals surface area contributed by atoms with Gasteiger partial charge in [-0.2, -0.15) is 0 Å². The molecule has 1 saturated carbocycles. The molecule has 5 N–H and O–H groups in total. The molecule has 1 aliphatic carbocycles. The zero-order valence-corrected chi connectivity index (χ0v) is 28.0. The maximum Gasteiger partial charge on any atom is 0.506 e. The van der Waals surface area contributed by atoms with Crippen LogP contribution in [0.1, 0.15) is 52.8 Å². The Balaban J connectivity index is 1.67. The number of urea groups is 1. The molecular formula is C33H35F2N5O9S. The van der Waals surface area contributed by atoms with Gasteiger partial charge in [-0.05, 0) is 72.5 Å². The van der Waals surface area contributed by atoms with E-state index >= 15 is 4.39 Å². The molecular weight excluding hydrogens is 680 g/mol. The fourth-order valence-corrected chi connectivity index (χ4v) is 7.68. The van der Waals surface area contributed by atoms with Crippen molar-refractivity contribution in [1.29, 1.82) is 0 Å². The molecule has 0 bridgehead atoms. The molecule has 0 spiro atoms. The molecule has 0 aromatic heterocycles. The molecule has 0 radical (unpaired) electrons. The first-order valence-corrected chi connectivity index (χ1v) is 16.9. The van der Waals surface area contributed by atoms with Crippen molar-refractivity contribution in [3.05, 3.63) is 82.9 Å². The first-order chi connectivity index (χ1) is 23.6. The maximum atomic E-state index is 15.2. The van der Waals surface area contributed by atoms with Crippen LogP contribution in [0, 0.1) is 11.6 Å². The first-order valence-electron chi connectivity index (χ1n) is 15.4. The maximum absolute atomic E-state index is 15.2. The molecule has 266 valence electrons. The predicted molar refractivity (Wildman–Crippen MR) is 176 cm³/mol. The molecule has 50 heavy (non-hydrogen) atoms. The van der Waals surface area contributed by atoms with Gasteiger partial charge < -0.3 is 40.7 Å². The van der Waals surface area contributed by atoms with Crippen LogP contribution in [0.3, 0.4) is 0 Å². The number of hydrogen-bond donors (Lipinski definition) is 4. The Bertz CT molecular complexity index is 1960. The highest BCUT2D eigenvalue weighted by Gasteiger charge is 2.47. The third-order valence-corrected chi connectivity index (χ3v) is 10.8. The summed E-state index contributed by atoms with van der Waals surface area (Å²) in [5.41, 5.74) is 5.22. The van der Waals surface area contributed by atoms with Crippen LogP contribution in [0.2, 0.25) is 0 Å². The Morgan fingerprint density at radius 2 is 1.70 bits per heavy atom. The number of carbonyl (C=O) groups is 4. The van der Waals surface area contributed by atoms with E-state index in [1.165, 1.54) is 61.3 Å². The second-order valence-electron chi connectivity index (χ2n) is 12.0. The standard InChI is InChI=1S/C33H35F2N5O9S/c1-39(2)32(43)37-19-6-11-27(50(46,47)20-7-8-20)21(16-19)29-25(49-33(44)45)12-13-40(29)31(42)28(17-4-10-23(35)26(15-17)48-3)38-24-14-18(30(36)41)5-9-22(24)34/h4-6,9-11,14-16,20,25,28-29,38H,7-8,12-13H2,1-3H3,(H2,36,41)(H,37,43)(H,44,45)/t25-,28+,29+/m0/s1. The van der Waals surface area contributed by atoms with Crippen molar-refractivity contribution in [2.75, 3.05) is 38.4 Å². The van der Waals surface area contributed by atoms with Crippen LogP contribution >= 0.6 is 0 Å². The minimum atomic E-state index is -3.98. The summed E-state index contributed by atoms with van der Waals surface area (Å²) in [5.74, 6) is -3.57. The lowest BCUT2D eigenvalue weighted by Crippen LogP contribution is -2.40. The second-order valence-corrected chi connectivity index (χ2v) is 14.2. The minimum Gasteiger partial charge on any atom is -0.494 e. The van der Waals surface area contributed by atoms with Crippen molar-refractivity contribution in [2.24, 2.45) is 5.73 Å². The number of rotatable bonds is 11. The number of nitrogens with one attached hydrogen (secondary N) is 2. The third-order valence-electron chi connectivity index (χ3n) is 8.44. The number of anilines is 2. The van der Waals surface area contributed by atoms with Crippen molar-refractivity contribution in [3.8, 4) is 5.75 Å². The van der Waals surface area contributed by atoms with Gasteiger partial charge in [0.2, 0.25) is 11.8 Å². The van der Waals surface area contributed by atoms with E-state index in [0.717, 1.165) is 24.3 Å². The Kier molecular flexibility index (Phi) is 10.2. The number of nitrogens with two attached hydrogens (primary N) is 1. The Hall–Kier alpha value is -5.45. The van der Waals surface area contributed by atoms with Crippen LogP contribution in [-0.2, 0) is 19.4 Å². The van der Waals surface area contributed by atoms with Gasteiger partial charge in [-0.25, -0.2) is 26.8 Å². The van der Waals surface area contributed by atoms with Gasteiger partial charge in [0.1, 0.15) is 18.0 Å². The number of carboxylic acid groups (broad SMARTS) is 1. The van der Waals surface area contributed by atoms with E-state index in [1.54, 1.807) is 0 Å². The molecule has 1 heterocycles. The van der Waals surface area contributed by atoms with Gasteiger partial charge in [-0.15, -0.1) is 0 Å². The average Bonchev–Trinajstić information content (AvgIpc) is 3.85. The average molecular weight is 716 g/mol. The van der Waals surface area contributed by atoms with E-state index in [9.17, 15) is 37.1 Å². The van der Waals surface area contributed by atoms with Gasteiger partial charge in [-0.1, -0.05) is 6.07 Å². The fourth-order valence-electron chi connectivity index (χ4n) is 5.80. The van der Waals surface area contributed by atoms with E-state index in [-0.39, 0.29) is 51.7 Å². The van der Waals surface area contributed by atoms with Crippen molar-refractivity contribution in [2.45, 2.75) is 47.6 Å².